The van der Waals surface area contributed by atoms with Crippen LogP contribution in [-0.2, 0) is 9.24 Å². The molecule has 0 unspecified atom stereocenters. The summed E-state index contributed by atoms with van der Waals surface area (Å²) in [6.45, 7) is 0. The van der Waals surface area contributed by atoms with Gasteiger partial charge in [0.15, 0.2) is 0 Å². The average Bonchev–Trinajstić information content (AvgIpc) is 2.14. The molecule has 0 heterocycles. The van der Waals surface area contributed by atoms with Crippen LogP contribution >= 0.6 is 10.7 Å². The molecular formula is C8H6ClNO6S. The van der Waals surface area contributed by atoms with Crippen LogP contribution in [0.15, 0.2) is 18.2 Å². The summed E-state index contributed by atoms with van der Waals surface area (Å²) < 4.78 is 23.2. The molecule has 0 aliphatic rings. The smallest absolute Gasteiger partial charge is 0.335 e. The van der Waals surface area contributed by atoms with Crippen molar-refractivity contribution in [1.82, 2.24) is 0 Å². The van der Waals surface area contributed by atoms with Gasteiger partial charge in [-0.15, -0.1) is 0 Å². The summed E-state index contributed by atoms with van der Waals surface area (Å²) in [5.41, 5.74) is -0.974. The second-order valence-corrected chi connectivity index (χ2v) is 5.25. The summed E-state index contributed by atoms with van der Waals surface area (Å²) in [4.78, 5) is 21.4. The second-order valence-electron chi connectivity index (χ2n) is 2.95. The number of halogens is 1. The highest BCUT2D eigenvalue weighted by atomic mass is 35.7. The van der Waals surface area contributed by atoms with E-state index in [0.717, 1.165) is 18.2 Å². The molecule has 0 aliphatic carbocycles. The first-order valence-corrected chi connectivity index (χ1v) is 6.34. The van der Waals surface area contributed by atoms with E-state index in [0.29, 0.717) is 0 Å². The van der Waals surface area contributed by atoms with E-state index in [-0.39, 0.29) is 16.8 Å². The van der Waals surface area contributed by atoms with Crippen molar-refractivity contribution < 1.29 is 28.2 Å². The highest BCUT2D eigenvalue weighted by Gasteiger charge is 2.13. The molecule has 0 spiro atoms. The van der Waals surface area contributed by atoms with Crippen LogP contribution in [-0.4, -0.2) is 30.6 Å². The van der Waals surface area contributed by atoms with Gasteiger partial charge < -0.3 is 10.2 Å². The summed E-state index contributed by atoms with van der Waals surface area (Å²) >= 11 is 0. The Morgan fingerprint density at radius 2 is 1.47 bits per heavy atom. The van der Waals surface area contributed by atoms with Crippen LogP contribution in [0.1, 0.15) is 20.7 Å². The average molecular weight is 280 g/mol. The normalized spacial score (nSPS) is 10.9. The lowest BCUT2D eigenvalue weighted by molar-refractivity contribution is 0.0696. The summed E-state index contributed by atoms with van der Waals surface area (Å²) in [5.74, 6) is -2.77. The van der Waals surface area contributed by atoms with Crippen molar-refractivity contribution in [3.8, 4) is 0 Å². The van der Waals surface area contributed by atoms with Gasteiger partial charge in [0.25, 0.3) is 0 Å². The number of benzene rings is 1. The fourth-order valence-electron chi connectivity index (χ4n) is 1.07. The van der Waals surface area contributed by atoms with Crippen LogP contribution in [0.5, 0.6) is 0 Å². The zero-order valence-corrected chi connectivity index (χ0v) is 9.62. The lowest BCUT2D eigenvalue weighted by Crippen LogP contribution is -2.08. The first-order valence-electron chi connectivity index (χ1n) is 4.03. The van der Waals surface area contributed by atoms with Crippen molar-refractivity contribution in [1.29, 1.82) is 0 Å². The third kappa shape index (κ3) is 3.93. The molecule has 0 saturated carbocycles. The molecule has 0 saturated heterocycles. The Bertz CT molecular complexity index is 549. The Balaban J connectivity index is 3.31. The van der Waals surface area contributed by atoms with Gasteiger partial charge in [-0.3, -0.25) is 4.72 Å². The molecule has 9 heteroatoms. The van der Waals surface area contributed by atoms with Crippen molar-refractivity contribution in [2.24, 2.45) is 0 Å². The van der Waals surface area contributed by atoms with E-state index in [9.17, 15) is 18.0 Å². The third-order valence-electron chi connectivity index (χ3n) is 1.67. The largest absolute Gasteiger partial charge is 0.478 e. The Hall–Kier alpha value is -1.80. The van der Waals surface area contributed by atoms with Crippen LogP contribution < -0.4 is 4.72 Å². The van der Waals surface area contributed by atoms with Crippen LogP contribution in [0, 0.1) is 0 Å². The Labute approximate surface area is 100 Å². The van der Waals surface area contributed by atoms with E-state index < -0.39 is 21.2 Å². The van der Waals surface area contributed by atoms with Gasteiger partial charge in [0, 0.05) is 10.7 Å². The summed E-state index contributed by atoms with van der Waals surface area (Å²) in [5, 5.41) is 17.4. The number of carbonyl (C=O) groups is 2. The number of carboxylic acids is 2. The van der Waals surface area contributed by atoms with Gasteiger partial charge in [0.1, 0.15) is 0 Å². The van der Waals surface area contributed by atoms with Gasteiger partial charge in [-0.2, -0.15) is 8.42 Å². The summed E-state index contributed by atoms with van der Waals surface area (Å²) in [7, 11) is 0.772. The molecule has 0 atom stereocenters. The molecule has 0 bridgehead atoms. The number of rotatable bonds is 4. The third-order valence-corrected chi connectivity index (χ3v) is 2.38. The van der Waals surface area contributed by atoms with Gasteiger partial charge >= 0.3 is 21.2 Å². The summed E-state index contributed by atoms with van der Waals surface area (Å²) in [6, 6.07) is 2.81. The molecule has 0 radical (unpaired) electrons. The molecule has 17 heavy (non-hydrogen) atoms. The molecule has 1 aromatic carbocycles. The number of hydrogen-bond donors (Lipinski definition) is 3. The van der Waals surface area contributed by atoms with Crippen LogP contribution in [0.2, 0.25) is 0 Å². The highest BCUT2D eigenvalue weighted by Crippen LogP contribution is 2.17. The predicted octanol–water partition coefficient (Wildman–Crippen LogP) is 0.978. The van der Waals surface area contributed by atoms with E-state index >= 15 is 0 Å². The van der Waals surface area contributed by atoms with Crippen molar-refractivity contribution >= 4 is 37.5 Å². The fourth-order valence-corrected chi connectivity index (χ4v) is 1.74. The maximum absolute atomic E-state index is 10.7. The zero-order valence-electron chi connectivity index (χ0n) is 8.05. The number of aromatic carboxylic acids is 2. The van der Waals surface area contributed by atoms with Crippen molar-refractivity contribution in [3.63, 3.8) is 0 Å². The minimum atomic E-state index is -4.13. The van der Waals surface area contributed by atoms with Gasteiger partial charge in [0.05, 0.1) is 16.8 Å². The van der Waals surface area contributed by atoms with Crippen molar-refractivity contribution in [2.75, 3.05) is 4.72 Å². The molecular weight excluding hydrogens is 274 g/mol. The number of anilines is 1. The van der Waals surface area contributed by atoms with Crippen molar-refractivity contribution in [3.05, 3.63) is 29.3 Å². The molecule has 0 amide bonds. The van der Waals surface area contributed by atoms with E-state index in [1.807, 2.05) is 0 Å². The fraction of sp³-hybridized carbons (Fsp3) is 0. The molecule has 7 nitrogen and oxygen atoms in total. The summed E-state index contributed by atoms with van der Waals surface area (Å²) in [6.07, 6.45) is 0. The standard InChI is InChI=1S/C8H6ClNO6S/c9-17(15,16)10-6-2-4(7(11)12)1-5(3-6)8(13)14/h1-3,10H,(H,11,12)(H,13,14). The number of carboxylic acid groups (broad SMARTS) is 2. The maximum Gasteiger partial charge on any atom is 0.335 e. The SMILES string of the molecule is O=C(O)c1cc(NS(=O)(=O)Cl)cc(C(=O)O)c1. The topological polar surface area (TPSA) is 121 Å². The van der Waals surface area contributed by atoms with Crippen LogP contribution in [0.4, 0.5) is 5.69 Å². The molecule has 0 aliphatic heterocycles. The van der Waals surface area contributed by atoms with E-state index in [1.165, 1.54) is 0 Å². The van der Waals surface area contributed by atoms with Crippen LogP contribution in [0.3, 0.4) is 0 Å². The highest BCUT2D eigenvalue weighted by molar-refractivity contribution is 8.14. The molecule has 0 fully saturated rings. The lowest BCUT2D eigenvalue weighted by atomic mass is 10.1. The molecule has 1 aromatic rings. The quantitative estimate of drug-likeness (QED) is 0.706. The second kappa shape index (κ2) is 4.60. The maximum atomic E-state index is 10.7. The van der Waals surface area contributed by atoms with E-state index in [2.05, 4.69) is 0 Å². The Morgan fingerprint density at radius 3 is 1.76 bits per heavy atom. The van der Waals surface area contributed by atoms with E-state index in [1.54, 1.807) is 4.72 Å². The minimum Gasteiger partial charge on any atom is -0.478 e. The predicted molar refractivity (Wildman–Crippen MR) is 58.8 cm³/mol. The zero-order chi connectivity index (χ0) is 13.2. The van der Waals surface area contributed by atoms with Crippen LogP contribution in [0.25, 0.3) is 0 Å². The first-order chi connectivity index (χ1) is 7.69. The van der Waals surface area contributed by atoms with Gasteiger partial charge in [-0.25, -0.2) is 9.59 Å². The van der Waals surface area contributed by atoms with Gasteiger partial charge in [0.2, 0.25) is 0 Å². The molecule has 92 valence electrons. The molecule has 0 aromatic heterocycles. The minimum absolute atomic E-state index is 0.239. The molecule has 3 N–H and O–H groups in total. The first kappa shape index (κ1) is 13.3. The number of hydrogen-bond acceptors (Lipinski definition) is 4. The van der Waals surface area contributed by atoms with E-state index in [4.69, 9.17) is 20.9 Å². The monoisotopic (exact) mass is 279 g/mol. The molecule has 1 rings (SSSR count). The number of nitrogens with one attached hydrogen (secondary N) is 1. The Kier molecular flexibility index (Phi) is 3.59. The Morgan fingerprint density at radius 1 is 1.06 bits per heavy atom. The van der Waals surface area contributed by atoms with Crippen molar-refractivity contribution in [2.45, 2.75) is 0 Å². The lowest BCUT2D eigenvalue weighted by Gasteiger charge is -2.05. The van der Waals surface area contributed by atoms with Gasteiger partial charge in [-0.05, 0) is 18.2 Å². The van der Waals surface area contributed by atoms with Gasteiger partial charge in [-0.1, -0.05) is 0 Å².